The Kier molecular flexibility index (Phi) is 4.10. The average molecular weight is 364 g/mol. The van der Waals surface area contributed by atoms with E-state index < -0.39 is 6.10 Å². The molecule has 0 fully saturated rings. The minimum absolute atomic E-state index is 0.613. The quantitative estimate of drug-likeness (QED) is 0.750. The van der Waals surface area contributed by atoms with Gasteiger partial charge in [-0.2, -0.15) is 5.10 Å². The molecule has 0 aliphatic carbocycles. The normalized spacial score (nSPS) is 12.3. The number of hydrogen-bond donors (Lipinski definition) is 1. The molecule has 106 valence electrons. The maximum Gasteiger partial charge on any atom is 0.121 e. The minimum Gasteiger partial charge on any atom is -0.382 e. The van der Waals surface area contributed by atoms with Gasteiger partial charge in [-0.1, -0.05) is 35.9 Å². The van der Waals surface area contributed by atoms with E-state index >= 15 is 0 Å². The first-order valence-electron chi connectivity index (χ1n) is 6.39. The third kappa shape index (κ3) is 2.88. The van der Waals surface area contributed by atoms with Crippen LogP contribution in [0.4, 0.5) is 0 Å². The molecule has 21 heavy (non-hydrogen) atoms. The molecule has 3 rings (SSSR count). The van der Waals surface area contributed by atoms with Crippen LogP contribution in [0.5, 0.6) is 0 Å². The van der Waals surface area contributed by atoms with Gasteiger partial charge in [0.05, 0.1) is 16.4 Å². The number of aliphatic hydroxyl groups is 1. The fraction of sp³-hybridized carbons (Fsp3) is 0.0625. The van der Waals surface area contributed by atoms with Crippen molar-refractivity contribution in [2.45, 2.75) is 6.10 Å². The molecule has 2 aromatic carbocycles. The molecule has 5 heteroatoms. The lowest BCUT2D eigenvalue weighted by Crippen LogP contribution is -2.08. The van der Waals surface area contributed by atoms with Gasteiger partial charge in [-0.05, 0) is 51.8 Å². The third-order valence-corrected chi connectivity index (χ3v) is 4.43. The average Bonchev–Trinajstić information content (AvgIpc) is 2.99. The highest BCUT2D eigenvalue weighted by Crippen LogP contribution is 2.29. The summed E-state index contributed by atoms with van der Waals surface area (Å²) in [5.74, 6) is 0. The molecule has 1 heterocycles. The second-order valence-corrected chi connectivity index (χ2v) is 5.84. The fourth-order valence-electron chi connectivity index (χ4n) is 2.16. The molecule has 1 N–H and O–H groups in total. The van der Waals surface area contributed by atoms with Crippen molar-refractivity contribution in [2.75, 3.05) is 0 Å². The summed E-state index contributed by atoms with van der Waals surface area (Å²) in [4.78, 5) is 0. The van der Waals surface area contributed by atoms with Crippen molar-refractivity contribution in [1.29, 1.82) is 0 Å². The molecule has 0 aliphatic rings. The van der Waals surface area contributed by atoms with Crippen molar-refractivity contribution in [1.82, 2.24) is 9.78 Å². The first-order valence-corrected chi connectivity index (χ1v) is 7.56. The van der Waals surface area contributed by atoms with Gasteiger partial charge >= 0.3 is 0 Å². The maximum absolute atomic E-state index is 10.6. The molecule has 0 bridgehead atoms. The van der Waals surface area contributed by atoms with Gasteiger partial charge in [-0.3, -0.25) is 0 Å². The fourth-order valence-corrected chi connectivity index (χ4v) is 2.67. The van der Waals surface area contributed by atoms with Gasteiger partial charge in [-0.15, -0.1) is 0 Å². The van der Waals surface area contributed by atoms with Gasteiger partial charge in [0.25, 0.3) is 0 Å². The number of aromatic nitrogens is 2. The molecule has 1 aromatic heterocycles. The number of rotatable bonds is 3. The first-order chi connectivity index (χ1) is 10.2. The van der Waals surface area contributed by atoms with E-state index in [1.165, 1.54) is 0 Å². The summed E-state index contributed by atoms with van der Waals surface area (Å²) in [6.45, 7) is 0. The largest absolute Gasteiger partial charge is 0.382 e. The van der Waals surface area contributed by atoms with Crippen LogP contribution in [0.2, 0.25) is 5.02 Å². The Morgan fingerprint density at radius 2 is 1.86 bits per heavy atom. The smallest absolute Gasteiger partial charge is 0.121 e. The first kappa shape index (κ1) is 14.3. The zero-order valence-electron chi connectivity index (χ0n) is 10.9. The van der Waals surface area contributed by atoms with Crippen molar-refractivity contribution in [2.24, 2.45) is 0 Å². The molecule has 3 nitrogen and oxygen atoms in total. The van der Waals surface area contributed by atoms with Crippen LogP contribution in [0.25, 0.3) is 5.69 Å². The van der Waals surface area contributed by atoms with Crippen LogP contribution >= 0.6 is 27.5 Å². The second-order valence-electron chi connectivity index (χ2n) is 4.58. The summed E-state index contributed by atoms with van der Waals surface area (Å²) in [7, 11) is 0. The number of aliphatic hydroxyl groups excluding tert-OH is 1. The number of hydrogen-bond acceptors (Lipinski definition) is 2. The monoisotopic (exact) mass is 362 g/mol. The maximum atomic E-state index is 10.6. The van der Waals surface area contributed by atoms with Gasteiger partial charge in [0, 0.05) is 10.7 Å². The van der Waals surface area contributed by atoms with Gasteiger partial charge in [0.1, 0.15) is 6.10 Å². The molecule has 1 atom stereocenters. The lowest BCUT2D eigenvalue weighted by atomic mass is 10.1. The SMILES string of the molecule is OC(c1ccc(Cl)c(Br)c1)c1ccnn1-c1ccccc1. The van der Waals surface area contributed by atoms with E-state index in [-0.39, 0.29) is 0 Å². The van der Waals surface area contributed by atoms with Crippen LogP contribution in [-0.4, -0.2) is 14.9 Å². The van der Waals surface area contributed by atoms with E-state index in [2.05, 4.69) is 21.0 Å². The highest BCUT2D eigenvalue weighted by molar-refractivity contribution is 9.10. The predicted molar refractivity (Wildman–Crippen MR) is 86.8 cm³/mol. The Bertz CT molecular complexity index is 758. The Morgan fingerprint density at radius 3 is 2.57 bits per heavy atom. The van der Waals surface area contributed by atoms with Crippen LogP contribution in [0.15, 0.2) is 65.3 Å². The summed E-state index contributed by atoms with van der Waals surface area (Å²) in [5.41, 5.74) is 2.36. The second kappa shape index (κ2) is 6.02. The third-order valence-electron chi connectivity index (χ3n) is 3.21. The topological polar surface area (TPSA) is 38.1 Å². The Hall–Kier alpha value is -1.62. The van der Waals surface area contributed by atoms with E-state index in [9.17, 15) is 5.11 Å². The van der Waals surface area contributed by atoms with Gasteiger partial charge in [-0.25, -0.2) is 4.68 Å². The van der Waals surface area contributed by atoms with E-state index in [1.54, 1.807) is 29.1 Å². The molecule has 0 aliphatic heterocycles. The summed E-state index contributed by atoms with van der Waals surface area (Å²) >= 11 is 9.37. The van der Waals surface area contributed by atoms with E-state index in [0.29, 0.717) is 10.7 Å². The minimum atomic E-state index is -0.777. The molecular formula is C16H12BrClN2O. The molecular weight excluding hydrogens is 352 g/mol. The summed E-state index contributed by atoms with van der Waals surface area (Å²) in [5, 5.41) is 15.5. The lowest BCUT2D eigenvalue weighted by molar-refractivity contribution is 0.212. The molecule has 1 unspecified atom stereocenters. The predicted octanol–water partition coefficient (Wildman–Crippen LogP) is 4.37. The van der Waals surface area contributed by atoms with Gasteiger partial charge < -0.3 is 5.11 Å². The lowest BCUT2D eigenvalue weighted by Gasteiger charge is -2.14. The zero-order chi connectivity index (χ0) is 14.8. The number of nitrogens with zero attached hydrogens (tertiary/aromatic N) is 2. The Morgan fingerprint density at radius 1 is 1.10 bits per heavy atom. The van der Waals surface area contributed by atoms with Crippen LogP contribution in [0.1, 0.15) is 17.4 Å². The van der Waals surface area contributed by atoms with Crippen LogP contribution in [-0.2, 0) is 0 Å². The highest BCUT2D eigenvalue weighted by atomic mass is 79.9. The summed E-state index contributed by atoms with van der Waals surface area (Å²) < 4.78 is 2.49. The number of halogens is 2. The van der Waals surface area contributed by atoms with Crippen LogP contribution in [0, 0.1) is 0 Å². The highest BCUT2D eigenvalue weighted by Gasteiger charge is 2.17. The van der Waals surface area contributed by atoms with Crippen molar-refractivity contribution >= 4 is 27.5 Å². The van der Waals surface area contributed by atoms with Crippen molar-refractivity contribution in [3.05, 3.63) is 81.5 Å². The number of para-hydroxylation sites is 1. The van der Waals surface area contributed by atoms with Crippen molar-refractivity contribution in [3.63, 3.8) is 0 Å². The van der Waals surface area contributed by atoms with Crippen LogP contribution in [0.3, 0.4) is 0 Å². The summed E-state index contributed by atoms with van der Waals surface area (Å²) in [6.07, 6.45) is 0.901. The molecule has 0 saturated heterocycles. The Balaban J connectivity index is 2.01. The Labute approximate surface area is 135 Å². The summed E-state index contributed by atoms with van der Waals surface area (Å²) in [6, 6.07) is 16.9. The van der Waals surface area contributed by atoms with E-state index in [4.69, 9.17) is 11.6 Å². The molecule has 0 radical (unpaired) electrons. The molecule has 0 spiro atoms. The molecule has 0 saturated carbocycles. The van der Waals surface area contributed by atoms with Gasteiger partial charge in [0.15, 0.2) is 0 Å². The van der Waals surface area contributed by atoms with E-state index in [1.807, 2.05) is 36.4 Å². The molecule has 3 aromatic rings. The molecule has 0 amide bonds. The van der Waals surface area contributed by atoms with Gasteiger partial charge in [0.2, 0.25) is 0 Å². The van der Waals surface area contributed by atoms with Crippen molar-refractivity contribution in [3.8, 4) is 5.69 Å². The van der Waals surface area contributed by atoms with E-state index in [0.717, 1.165) is 15.7 Å². The standard InChI is InChI=1S/C16H12BrClN2O/c17-13-10-11(6-7-14(13)18)16(21)15-8-9-19-20(15)12-4-2-1-3-5-12/h1-10,16,21H. The van der Waals surface area contributed by atoms with Crippen molar-refractivity contribution < 1.29 is 5.11 Å². The zero-order valence-corrected chi connectivity index (χ0v) is 13.3. The number of benzene rings is 2. The van der Waals surface area contributed by atoms with Crippen LogP contribution < -0.4 is 0 Å².